The fourth-order valence-corrected chi connectivity index (χ4v) is 1.47. The lowest BCUT2D eigenvalue weighted by molar-refractivity contribution is 0.101. The SMILES string of the molecule is COc1ccc(C(C)=O)c(OC)c1OCCO. The zero-order valence-corrected chi connectivity index (χ0v) is 10.1. The molecular weight excluding hydrogens is 224 g/mol. The summed E-state index contributed by atoms with van der Waals surface area (Å²) in [5, 5.41) is 8.76. The maximum atomic E-state index is 11.4. The first-order valence-electron chi connectivity index (χ1n) is 5.15. The van der Waals surface area contributed by atoms with Crippen molar-refractivity contribution in [3.05, 3.63) is 17.7 Å². The molecule has 0 unspecified atom stereocenters. The number of carbonyl (C=O) groups is 1. The third-order valence-corrected chi connectivity index (χ3v) is 2.22. The van der Waals surface area contributed by atoms with Crippen molar-refractivity contribution in [3.8, 4) is 17.2 Å². The molecule has 0 radical (unpaired) electrons. The van der Waals surface area contributed by atoms with Gasteiger partial charge in [0.1, 0.15) is 6.61 Å². The first kappa shape index (κ1) is 13.3. The van der Waals surface area contributed by atoms with Gasteiger partial charge in [0, 0.05) is 0 Å². The molecule has 17 heavy (non-hydrogen) atoms. The van der Waals surface area contributed by atoms with E-state index in [2.05, 4.69) is 0 Å². The molecule has 0 amide bonds. The summed E-state index contributed by atoms with van der Waals surface area (Å²) in [6.45, 7) is 1.42. The topological polar surface area (TPSA) is 65.0 Å². The molecule has 94 valence electrons. The summed E-state index contributed by atoms with van der Waals surface area (Å²) < 4.78 is 15.6. The number of aliphatic hydroxyl groups excluding tert-OH is 1. The number of benzene rings is 1. The van der Waals surface area contributed by atoms with Gasteiger partial charge >= 0.3 is 0 Å². The van der Waals surface area contributed by atoms with E-state index >= 15 is 0 Å². The van der Waals surface area contributed by atoms with Gasteiger partial charge < -0.3 is 19.3 Å². The van der Waals surface area contributed by atoms with E-state index in [1.807, 2.05) is 0 Å². The summed E-state index contributed by atoms with van der Waals surface area (Å²) in [6, 6.07) is 3.25. The van der Waals surface area contributed by atoms with Crippen LogP contribution in [0.2, 0.25) is 0 Å². The fraction of sp³-hybridized carbons (Fsp3) is 0.417. The number of Topliss-reactive ketones (excluding diaryl/α,β-unsaturated/α-hetero) is 1. The molecule has 0 atom stereocenters. The average molecular weight is 240 g/mol. The molecule has 0 saturated carbocycles. The minimum absolute atomic E-state index is 0.105. The zero-order chi connectivity index (χ0) is 12.8. The van der Waals surface area contributed by atoms with E-state index in [4.69, 9.17) is 19.3 Å². The Morgan fingerprint density at radius 2 is 1.94 bits per heavy atom. The Labute approximate surface area is 99.9 Å². The standard InChI is InChI=1S/C12H16O5/c1-8(14)9-4-5-10(15-2)12(11(9)16-3)17-7-6-13/h4-5,13H,6-7H2,1-3H3. The van der Waals surface area contributed by atoms with Crippen LogP contribution in [0.5, 0.6) is 17.2 Å². The Morgan fingerprint density at radius 3 is 2.41 bits per heavy atom. The lowest BCUT2D eigenvalue weighted by atomic mass is 10.1. The molecule has 5 nitrogen and oxygen atoms in total. The largest absolute Gasteiger partial charge is 0.493 e. The smallest absolute Gasteiger partial charge is 0.204 e. The number of hydrogen-bond acceptors (Lipinski definition) is 5. The molecule has 1 N–H and O–H groups in total. The molecule has 0 aliphatic rings. The molecule has 5 heteroatoms. The van der Waals surface area contributed by atoms with Crippen LogP contribution in [0.1, 0.15) is 17.3 Å². The van der Waals surface area contributed by atoms with Crippen molar-refractivity contribution in [1.82, 2.24) is 0 Å². The highest BCUT2D eigenvalue weighted by Crippen LogP contribution is 2.40. The van der Waals surface area contributed by atoms with Gasteiger partial charge in [-0.25, -0.2) is 0 Å². The van der Waals surface area contributed by atoms with Crippen LogP contribution in [0.3, 0.4) is 0 Å². The van der Waals surface area contributed by atoms with Crippen LogP contribution in [0, 0.1) is 0 Å². The molecule has 0 aromatic heterocycles. The van der Waals surface area contributed by atoms with Crippen molar-refractivity contribution < 1.29 is 24.1 Å². The molecule has 1 aromatic rings. The van der Waals surface area contributed by atoms with E-state index in [9.17, 15) is 4.79 Å². The average Bonchev–Trinajstić information content (AvgIpc) is 2.34. The first-order valence-corrected chi connectivity index (χ1v) is 5.15. The lowest BCUT2D eigenvalue weighted by Crippen LogP contribution is -2.07. The van der Waals surface area contributed by atoms with Gasteiger partial charge in [0.05, 0.1) is 26.4 Å². The molecule has 0 spiro atoms. The molecule has 0 saturated heterocycles. The van der Waals surface area contributed by atoms with Crippen LogP contribution in [0.4, 0.5) is 0 Å². The summed E-state index contributed by atoms with van der Waals surface area (Å²) in [6.07, 6.45) is 0. The first-order chi connectivity index (χ1) is 8.15. The predicted molar refractivity (Wildman–Crippen MR) is 62.1 cm³/mol. The number of ether oxygens (including phenoxy) is 3. The van der Waals surface area contributed by atoms with Crippen molar-refractivity contribution in [2.45, 2.75) is 6.92 Å². The highest BCUT2D eigenvalue weighted by Gasteiger charge is 2.18. The Hall–Kier alpha value is -1.75. The Morgan fingerprint density at radius 1 is 1.24 bits per heavy atom. The molecule has 0 aliphatic carbocycles. The maximum Gasteiger partial charge on any atom is 0.204 e. The number of methoxy groups -OCH3 is 2. The van der Waals surface area contributed by atoms with Gasteiger partial charge in [0.15, 0.2) is 17.3 Å². The lowest BCUT2D eigenvalue weighted by Gasteiger charge is -2.15. The Balaban J connectivity index is 3.27. The zero-order valence-electron chi connectivity index (χ0n) is 10.1. The molecule has 0 heterocycles. The van der Waals surface area contributed by atoms with Crippen LogP contribution in [-0.2, 0) is 0 Å². The van der Waals surface area contributed by atoms with E-state index in [0.29, 0.717) is 22.8 Å². The number of hydrogen-bond donors (Lipinski definition) is 1. The molecule has 1 rings (SSSR count). The Kier molecular flexibility index (Phi) is 4.78. The summed E-state index contributed by atoms with van der Waals surface area (Å²) in [5.74, 6) is 0.987. The maximum absolute atomic E-state index is 11.4. The van der Waals surface area contributed by atoms with E-state index < -0.39 is 0 Å². The monoisotopic (exact) mass is 240 g/mol. The van der Waals surface area contributed by atoms with Gasteiger partial charge in [-0.3, -0.25) is 4.79 Å². The summed E-state index contributed by atoms with van der Waals surface area (Å²) in [5.41, 5.74) is 0.418. The minimum atomic E-state index is -0.128. The van der Waals surface area contributed by atoms with Crippen molar-refractivity contribution in [2.75, 3.05) is 27.4 Å². The third kappa shape index (κ3) is 2.88. The highest BCUT2D eigenvalue weighted by molar-refractivity contribution is 5.98. The van der Waals surface area contributed by atoms with E-state index in [1.165, 1.54) is 21.1 Å². The van der Waals surface area contributed by atoms with Crippen LogP contribution in [0.25, 0.3) is 0 Å². The molecular formula is C12H16O5. The van der Waals surface area contributed by atoms with Crippen LogP contribution < -0.4 is 14.2 Å². The number of aliphatic hydroxyl groups is 1. The highest BCUT2D eigenvalue weighted by atomic mass is 16.5. The number of ketones is 1. The van der Waals surface area contributed by atoms with E-state index in [0.717, 1.165) is 0 Å². The molecule has 0 fully saturated rings. The molecule has 0 aliphatic heterocycles. The van der Waals surface area contributed by atoms with Crippen LogP contribution in [0.15, 0.2) is 12.1 Å². The normalized spacial score (nSPS) is 9.88. The summed E-state index contributed by atoms with van der Waals surface area (Å²) in [7, 11) is 2.95. The van der Waals surface area contributed by atoms with Crippen molar-refractivity contribution >= 4 is 5.78 Å². The van der Waals surface area contributed by atoms with E-state index in [1.54, 1.807) is 12.1 Å². The van der Waals surface area contributed by atoms with Gasteiger partial charge in [-0.1, -0.05) is 0 Å². The van der Waals surface area contributed by atoms with E-state index in [-0.39, 0.29) is 19.0 Å². The van der Waals surface area contributed by atoms with Gasteiger partial charge in [0.2, 0.25) is 5.75 Å². The van der Waals surface area contributed by atoms with Gasteiger partial charge in [-0.05, 0) is 19.1 Å². The number of carbonyl (C=O) groups excluding carboxylic acids is 1. The van der Waals surface area contributed by atoms with Gasteiger partial charge in [0.25, 0.3) is 0 Å². The second-order valence-corrected chi connectivity index (χ2v) is 3.31. The summed E-state index contributed by atoms with van der Waals surface area (Å²) >= 11 is 0. The second kappa shape index (κ2) is 6.10. The predicted octanol–water partition coefficient (Wildman–Crippen LogP) is 1.28. The van der Waals surface area contributed by atoms with Crippen LogP contribution >= 0.6 is 0 Å². The number of rotatable bonds is 6. The Bertz CT molecular complexity index is 400. The van der Waals surface area contributed by atoms with Crippen LogP contribution in [-0.4, -0.2) is 38.3 Å². The van der Waals surface area contributed by atoms with Crippen molar-refractivity contribution in [1.29, 1.82) is 0 Å². The summed E-state index contributed by atoms with van der Waals surface area (Å²) in [4.78, 5) is 11.4. The minimum Gasteiger partial charge on any atom is -0.493 e. The molecule has 0 bridgehead atoms. The quantitative estimate of drug-likeness (QED) is 0.759. The van der Waals surface area contributed by atoms with Gasteiger partial charge in [-0.2, -0.15) is 0 Å². The third-order valence-electron chi connectivity index (χ3n) is 2.22. The second-order valence-electron chi connectivity index (χ2n) is 3.31. The van der Waals surface area contributed by atoms with Crippen molar-refractivity contribution in [3.63, 3.8) is 0 Å². The fourth-order valence-electron chi connectivity index (χ4n) is 1.47. The van der Waals surface area contributed by atoms with Gasteiger partial charge in [-0.15, -0.1) is 0 Å². The molecule has 1 aromatic carbocycles. The van der Waals surface area contributed by atoms with Crippen molar-refractivity contribution in [2.24, 2.45) is 0 Å².